The monoisotopic (exact) mass is 270 g/mol. The molecule has 0 aromatic heterocycles. The smallest absolute Gasteiger partial charge is 0.224 e. The van der Waals surface area contributed by atoms with Crippen molar-refractivity contribution in [1.29, 1.82) is 0 Å². The van der Waals surface area contributed by atoms with Crippen LogP contribution in [0.2, 0.25) is 5.02 Å². The van der Waals surface area contributed by atoms with Gasteiger partial charge in [0, 0.05) is 19.0 Å². The first-order valence-electron chi connectivity index (χ1n) is 6.04. The fourth-order valence-electron chi connectivity index (χ4n) is 2.44. The number of hydrogen-bond donors (Lipinski definition) is 1. The van der Waals surface area contributed by atoms with E-state index >= 15 is 0 Å². The van der Waals surface area contributed by atoms with E-state index in [-0.39, 0.29) is 23.0 Å². The summed E-state index contributed by atoms with van der Waals surface area (Å²) in [6.45, 7) is 2.66. The van der Waals surface area contributed by atoms with E-state index < -0.39 is 5.82 Å². The number of benzene rings is 1. The third-order valence-electron chi connectivity index (χ3n) is 3.22. The molecule has 0 spiro atoms. The van der Waals surface area contributed by atoms with Crippen molar-refractivity contribution in [2.75, 3.05) is 6.54 Å². The van der Waals surface area contributed by atoms with E-state index in [0.717, 1.165) is 12.0 Å². The number of nitrogens with two attached hydrogens (primary N) is 1. The average Bonchev–Trinajstić information content (AvgIpc) is 2.59. The number of hydrogen-bond acceptors (Lipinski definition) is 2. The number of likely N-dealkylation sites (tertiary alicyclic amines) is 1. The maximum absolute atomic E-state index is 13.2. The number of halogens is 2. The molecule has 0 aliphatic carbocycles. The molecule has 2 N–H and O–H groups in total. The Kier molecular flexibility index (Phi) is 3.88. The van der Waals surface area contributed by atoms with Gasteiger partial charge in [-0.15, -0.1) is 0 Å². The van der Waals surface area contributed by atoms with Crippen molar-refractivity contribution in [2.45, 2.75) is 31.8 Å². The summed E-state index contributed by atoms with van der Waals surface area (Å²) in [5.41, 5.74) is 6.81. The van der Waals surface area contributed by atoms with Crippen LogP contribution in [0.15, 0.2) is 18.2 Å². The van der Waals surface area contributed by atoms with Crippen molar-refractivity contribution in [1.82, 2.24) is 4.90 Å². The molecule has 3 nitrogen and oxygen atoms in total. The Morgan fingerprint density at radius 1 is 1.56 bits per heavy atom. The van der Waals surface area contributed by atoms with Gasteiger partial charge in [-0.3, -0.25) is 4.79 Å². The number of amides is 1. The van der Waals surface area contributed by atoms with Gasteiger partial charge in [0.15, 0.2) is 0 Å². The van der Waals surface area contributed by atoms with Crippen LogP contribution in [0.25, 0.3) is 0 Å². The zero-order valence-electron chi connectivity index (χ0n) is 10.2. The van der Waals surface area contributed by atoms with Crippen molar-refractivity contribution in [3.8, 4) is 0 Å². The fraction of sp³-hybridized carbons (Fsp3) is 0.462. The minimum Gasteiger partial charge on any atom is -0.334 e. The molecule has 1 amide bonds. The number of carbonyl (C=O) groups excluding carboxylic acids is 1. The zero-order chi connectivity index (χ0) is 13.3. The van der Waals surface area contributed by atoms with E-state index in [1.54, 1.807) is 17.0 Å². The van der Waals surface area contributed by atoms with E-state index in [9.17, 15) is 9.18 Å². The van der Waals surface area contributed by atoms with Gasteiger partial charge in [0.1, 0.15) is 5.82 Å². The molecule has 1 aliphatic heterocycles. The molecular weight excluding hydrogens is 255 g/mol. The van der Waals surface area contributed by atoms with Gasteiger partial charge in [0.05, 0.1) is 11.1 Å². The lowest BCUT2D eigenvalue weighted by atomic mass is 10.0. The van der Waals surface area contributed by atoms with Crippen LogP contribution in [0, 0.1) is 5.82 Å². The van der Waals surface area contributed by atoms with Crippen molar-refractivity contribution in [3.63, 3.8) is 0 Å². The summed E-state index contributed by atoms with van der Waals surface area (Å²) in [6, 6.07) is 4.06. The molecule has 1 aliphatic rings. The van der Waals surface area contributed by atoms with Gasteiger partial charge in [0.2, 0.25) is 5.91 Å². The highest BCUT2D eigenvalue weighted by atomic mass is 35.5. The van der Waals surface area contributed by atoms with Crippen LogP contribution >= 0.6 is 11.6 Å². The van der Waals surface area contributed by atoms with Gasteiger partial charge in [-0.05, 0) is 24.1 Å². The molecule has 1 aromatic rings. The first-order valence-corrected chi connectivity index (χ1v) is 6.42. The second-order valence-corrected chi connectivity index (χ2v) is 4.98. The topological polar surface area (TPSA) is 46.3 Å². The number of rotatable bonds is 3. The Balaban J connectivity index is 2.34. The van der Waals surface area contributed by atoms with Crippen molar-refractivity contribution < 1.29 is 9.18 Å². The van der Waals surface area contributed by atoms with Gasteiger partial charge in [0.25, 0.3) is 0 Å². The van der Waals surface area contributed by atoms with Gasteiger partial charge in [-0.1, -0.05) is 24.6 Å². The Bertz CT molecular complexity index is 466. The molecule has 5 heteroatoms. The SMILES string of the molecule is CCCN1C(=O)CC(N)C1c1ccc(F)c(Cl)c1. The maximum atomic E-state index is 13.2. The highest BCUT2D eigenvalue weighted by Crippen LogP contribution is 2.33. The minimum atomic E-state index is -0.458. The Morgan fingerprint density at radius 2 is 2.28 bits per heavy atom. The summed E-state index contributed by atoms with van der Waals surface area (Å²) < 4.78 is 13.2. The molecule has 2 unspecified atom stereocenters. The van der Waals surface area contributed by atoms with Crippen LogP contribution in [0.4, 0.5) is 4.39 Å². The highest BCUT2D eigenvalue weighted by Gasteiger charge is 2.38. The van der Waals surface area contributed by atoms with Crippen LogP contribution in [-0.4, -0.2) is 23.4 Å². The lowest BCUT2D eigenvalue weighted by molar-refractivity contribution is -0.129. The summed E-state index contributed by atoms with van der Waals surface area (Å²) in [4.78, 5) is 13.6. The molecule has 0 saturated carbocycles. The second-order valence-electron chi connectivity index (χ2n) is 4.57. The summed E-state index contributed by atoms with van der Waals surface area (Å²) in [5.74, 6) is -0.407. The van der Waals surface area contributed by atoms with Crippen molar-refractivity contribution in [3.05, 3.63) is 34.6 Å². The van der Waals surface area contributed by atoms with Crippen LogP contribution in [0.5, 0.6) is 0 Å². The lowest BCUT2D eigenvalue weighted by Gasteiger charge is -2.27. The first-order chi connectivity index (χ1) is 8.54. The predicted molar refractivity (Wildman–Crippen MR) is 68.7 cm³/mol. The summed E-state index contributed by atoms with van der Waals surface area (Å²) in [6.07, 6.45) is 1.20. The third-order valence-corrected chi connectivity index (χ3v) is 3.51. The largest absolute Gasteiger partial charge is 0.334 e. The molecule has 1 saturated heterocycles. The fourth-order valence-corrected chi connectivity index (χ4v) is 2.63. The van der Waals surface area contributed by atoms with Crippen LogP contribution in [0.1, 0.15) is 31.4 Å². The molecule has 18 heavy (non-hydrogen) atoms. The quantitative estimate of drug-likeness (QED) is 0.917. The minimum absolute atomic E-state index is 0.0507. The van der Waals surface area contributed by atoms with Crippen LogP contribution in [-0.2, 0) is 4.79 Å². The van der Waals surface area contributed by atoms with E-state index in [4.69, 9.17) is 17.3 Å². The van der Waals surface area contributed by atoms with E-state index in [1.807, 2.05) is 6.92 Å². The molecule has 0 radical (unpaired) electrons. The molecule has 2 atom stereocenters. The highest BCUT2D eigenvalue weighted by molar-refractivity contribution is 6.30. The molecule has 1 heterocycles. The van der Waals surface area contributed by atoms with E-state index in [1.165, 1.54) is 6.07 Å². The van der Waals surface area contributed by atoms with E-state index in [0.29, 0.717) is 13.0 Å². The van der Waals surface area contributed by atoms with E-state index in [2.05, 4.69) is 0 Å². The third kappa shape index (κ3) is 2.35. The standard InChI is InChI=1S/C13H16ClFN2O/c1-2-5-17-12(18)7-11(16)13(17)8-3-4-10(15)9(14)6-8/h3-4,6,11,13H,2,5,7,16H2,1H3. The molecule has 1 aromatic carbocycles. The van der Waals surface area contributed by atoms with Gasteiger partial charge in [-0.25, -0.2) is 4.39 Å². The van der Waals surface area contributed by atoms with Crippen LogP contribution < -0.4 is 5.73 Å². The summed E-state index contributed by atoms with van der Waals surface area (Å²) in [5, 5.41) is 0.0653. The van der Waals surface area contributed by atoms with Crippen LogP contribution in [0.3, 0.4) is 0 Å². The molecule has 0 bridgehead atoms. The first kappa shape index (κ1) is 13.3. The number of nitrogens with zero attached hydrogens (tertiary/aromatic N) is 1. The Labute approximate surface area is 111 Å². The summed E-state index contributed by atoms with van der Waals surface area (Å²) in [7, 11) is 0. The van der Waals surface area contributed by atoms with Crippen molar-refractivity contribution in [2.24, 2.45) is 5.73 Å². The molecular formula is C13H16ClFN2O. The van der Waals surface area contributed by atoms with Crippen molar-refractivity contribution >= 4 is 17.5 Å². The Hall–Kier alpha value is -1.13. The van der Waals surface area contributed by atoms with Gasteiger partial charge < -0.3 is 10.6 Å². The van der Waals surface area contributed by atoms with Gasteiger partial charge >= 0.3 is 0 Å². The zero-order valence-corrected chi connectivity index (χ0v) is 11.0. The predicted octanol–water partition coefficient (Wildman–Crippen LogP) is 2.49. The maximum Gasteiger partial charge on any atom is 0.224 e. The second kappa shape index (κ2) is 5.24. The average molecular weight is 271 g/mol. The number of carbonyl (C=O) groups is 1. The normalized spacial score (nSPS) is 23.8. The molecule has 2 rings (SSSR count). The molecule has 1 fully saturated rings. The molecule has 98 valence electrons. The lowest BCUT2D eigenvalue weighted by Crippen LogP contribution is -2.33. The Morgan fingerprint density at radius 3 is 2.89 bits per heavy atom. The summed E-state index contributed by atoms with van der Waals surface area (Å²) >= 11 is 5.78. The van der Waals surface area contributed by atoms with Gasteiger partial charge in [-0.2, -0.15) is 0 Å².